The lowest BCUT2D eigenvalue weighted by molar-refractivity contribution is -0.139. The Morgan fingerprint density at radius 1 is 1.23 bits per heavy atom. The normalized spacial score (nSPS) is 14.8. The van der Waals surface area contributed by atoms with Gasteiger partial charge in [-0.3, -0.25) is 9.78 Å². The lowest BCUT2D eigenvalue weighted by Gasteiger charge is -2.27. The lowest BCUT2D eigenvalue weighted by atomic mass is 10.1. The monoisotopic (exact) mass is 569 g/mol. The fourth-order valence-corrected chi connectivity index (χ4v) is 4.53. The number of aromatic nitrogens is 2. The third-order valence-corrected chi connectivity index (χ3v) is 6.74. The maximum absolute atomic E-state index is 13.4. The Bertz CT molecular complexity index is 1130. The molecule has 1 aliphatic rings. The third kappa shape index (κ3) is 9.12. The molecule has 9 nitrogen and oxygen atoms in total. The van der Waals surface area contributed by atoms with E-state index in [1.807, 2.05) is 11.0 Å². The number of aliphatic carboxylic acids is 1. The summed E-state index contributed by atoms with van der Waals surface area (Å²) in [5.41, 5.74) is 0.00435. The van der Waals surface area contributed by atoms with Crippen molar-refractivity contribution in [2.24, 2.45) is 0 Å². The number of hydrogen-bond acceptors (Lipinski definition) is 7. The molecule has 3 heterocycles. The van der Waals surface area contributed by atoms with Crippen molar-refractivity contribution < 1.29 is 37.0 Å². The number of carboxylic acid groups (broad SMARTS) is 1. The van der Waals surface area contributed by atoms with Gasteiger partial charge in [-0.2, -0.15) is 13.2 Å². The van der Waals surface area contributed by atoms with Gasteiger partial charge in [-0.25, -0.2) is 14.2 Å². The van der Waals surface area contributed by atoms with Gasteiger partial charge < -0.3 is 25.4 Å². The molecule has 2 aromatic rings. The first-order valence-electron chi connectivity index (χ1n) is 13.2. The molecule has 0 fully saturated rings. The van der Waals surface area contributed by atoms with E-state index in [1.165, 1.54) is 12.7 Å². The molecule has 0 unspecified atom stereocenters. The van der Waals surface area contributed by atoms with Crippen molar-refractivity contribution in [3.63, 3.8) is 0 Å². The molecule has 40 heavy (non-hydrogen) atoms. The molecule has 0 spiro atoms. The molecule has 0 saturated heterocycles. The SMILES string of the molecule is CO[C@H](CF)CN(CCCCc1ccc2c(n1)NCCC2)CC[C@H](NC(=O)c1ncccc1C(F)(F)F)C(=O)O. The van der Waals surface area contributed by atoms with Crippen molar-refractivity contribution >= 4 is 17.7 Å². The number of amides is 1. The molecule has 0 radical (unpaired) electrons. The summed E-state index contributed by atoms with van der Waals surface area (Å²) in [6.07, 6.45) is -0.332. The van der Waals surface area contributed by atoms with E-state index in [0.29, 0.717) is 19.0 Å². The third-order valence-electron chi connectivity index (χ3n) is 6.74. The highest BCUT2D eigenvalue weighted by molar-refractivity contribution is 5.96. The number of rotatable bonds is 15. The van der Waals surface area contributed by atoms with Gasteiger partial charge in [0.25, 0.3) is 5.91 Å². The summed E-state index contributed by atoms with van der Waals surface area (Å²) in [7, 11) is 1.38. The highest BCUT2D eigenvalue weighted by Crippen LogP contribution is 2.31. The largest absolute Gasteiger partial charge is 0.480 e. The van der Waals surface area contributed by atoms with Gasteiger partial charge in [0.15, 0.2) is 0 Å². The van der Waals surface area contributed by atoms with Crippen molar-refractivity contribution in [1.82, 2.24) is 20.2 Å². The molecular formula is C27H35F4N5O4. The minimum absolute atomic E-state index is 0.115. The highest BCUT2D eigenvalue weighted by Gasteiger charge is 2.36. The summed E-state index contributed by atoms with van der Waals surface area (Å²) in [4.78, 5) is 34.4. The number of hydrogen-bond donors (Lipinski definition) is 3. The average molecular weight is 570 g/mol. The van der Waals surface area contributed by atoms with Gasteiger partial charge in [-0.15, -0.1) is 0 Å². The van der Waals surface area contributed by atoms with E-state index in [0.717, 1.165) is 56.0 Å². The van der Waals surface area contributed by atoms with Crippen LogP contribution in [0.2, 0.25) is 0 Å². The number of fused-ring (bicyclic) bond motifs is 1. The topological polar surface area (TPSA) is 117 Å². The number of alkyl halides is 4. The molecule has 13 heteroatoms. The Hall–Kier alpha value is -3.32. The van der Waals surface area contributed by atoms with Crippen LogP contribution in [0.4, 0.5) is 23.4 Å². The van der Waals surface area contributed by atoms with E-state index in [-0.39, 0.29) is 19.5 Å². The second kappa shape index (κ2) is 14.9. The van der Waals surface area contributed by atoms with Crippen LogP contribution in [0.1, 0.15) is 53.0 Å². The number of methoxy groups -OCH3 is 1. The van der Waals surface area contributed by atoms with Crippen LogP contribution in [0.25, 0.3) is 0 Å². The molecule has 1 amide bonds. The zero-order valence-electron chi connectivity index (χ0n) is 22.3. The van der Waals surface area contributed by atoms with Crippen LogP contribution in [-0.2, 0) is 28.5 Å². The van der Waals surface area contributed by atoms with Crippen LogP contribution < -0.4 is 10.6 Å². The molecule has 2 aromatic heterocycles. The van der Waals surface area contributed by atoms with Gasteiger partial charge in [-0.05, 0) is 68.8 Å². The number of nitrogens with zero attached hydrogens (tertiary/aromatic N) is 3. The Labute approximate surface area is 230 Å². The predicted molar refractivity (Wildman–Crippen MR) is 140 cm³/mol. The van der Waals surface area contributed by atoms with Gasteiger partial charge >= 0.3 is 12.1 Å². The fraction of sp³-hybridized carbons (Fsp3) is 0.556. The van der Waals surface area contributed by atoms with Crippen LogP contribution >= 0.6 is 0 Å². The quantitative estimate of drug-likeness (QED) is 0.220. The minimum atomic E-state index is -4.83. The Kier molecular flexibility index (Phi) is 11.6. The van der Waals surface area contributed by atoms with Crippen molar-refractivity contribution in [2.45, 2.75) is 56.8 Å². The molecule has 0 aliphatic carbocycles. The minimum Gasteiger partial charge on any atom is -0.480 e. The molecular weight excluding hydrogens is 534 g/mol. The maximum atomic E-state index is 13.4. The number of unbranched alkanes of at least 4 members (excludes halogenated alkanes) is 1. The van der Waals surface area contributed by atoms with Crippen molar-refractivity contribution in [2.75, 3.05) is 45.3 Å². The number of anilines is 1. The van der Waals surface area contributed by atoms with E-state index in [4.69, 9.17) is 4.74 Å². The number of pyridine rings is 2. The molecule has 0 aromatic carbocycles. The summed E-state index contributed by atoms with van der Waals surface area (Å²) in [6.45, 7) is 0.996. The second-order valence-electron chi connectivity index (χ2n) is 9.66. The Morgan fingerprint density at radius 2 is 2.02 bits per heavy atom. The lowest BCUT2D eigenvalue weighted by Crippen LogP contribution is -2.45. The number of carboxylic acids is 1. The number of halogens is 4. The number of aryl methyl sites for hydroxylation is 2. The summed E-state index contributed by atoms with van der Waals surface area (Å²) < 4.78 is 58.4. The molecule has 3 rings (SSSR count). The predicted octanol–water partition coefficient (Wildman–Crippen LogP) is 3.74. The van der Waals surface area contributed by atoms with E-state index in [9.17, 15) is 32.3 Å². The molecule has 1 aliphatic heterocycles. The van der Waals surface area contributed by atoms with Gasteiger partial charge in [0.05, 0.1) is 11.7 Å². The van der Waals surface area contributed by atoms with Crippen LogP contribution in [0, 0.1) is 0 Å². The summed E-state index contributed by atoms with van der Waals surface area (Å²) in [6, 6.07) is 4.37. The molecule has 3 N–H and O–H groups in total. The first kappa shape index (κ1) is 31.2. The molecule has 0 saturated carbocycles. The second-order valence-corrected chi connectivity index (χ2v) is 9.66. The molecule has 220 valence electrons. The maximum Gasteiger partial charge on any atom is 0.418 e. The van der Waals surface area contributed by atoms with Crippen LogP contribution in [0.5, 0.6) is 0 Å². The van der Waals surface area contributed by atoms with E-state index in [2.05, 4.69) is 26.7 Å². The summed E-state index contributed by atoms with van der Waals surface area (Å²) >= 11 is 0. The fourth-order valence-electron chi connectivity index (χ4n) is 4.53. The number of carbonyl (C=O) groups is 2. The van der Waals surface area contributed by atoms with Crippen molar-refractivity contribution in [3.05, 3.63) is 53.0 Å². The average Bonchev–Trinajstić information content (AvgIpc) is 2.94. The smallest absolute Gasteiger partial charge is 0.418 e. The molecule has 0 bridgehead atoms. The van der Waals surface area contributed by atoms with Gasteiger partial charge in [0, 0.05) is 38.6 Å². The highest BCUT2D eigenvalue weighted by atomic mass is 19.4. The summed E-state index contributed by atoms with van der Waals surface area (Å²) in [5.74, 6) is -1.72. The van der Waals surface area contributed by atoms with E-state index in [1.54, 1.807) is 0 Å². The number of carbonyl (C=O) groups excluding carboxylic acids is 1. The standard InChI is InChI=1S/C27H35F4N5O4/c1-40-20(16-28)17-36(14-3-2-7-19-10-9-18-6-4-13-33-24(18)34-19)15-11-22(26(38)39)35-25(37)23-21(27(29,30)31)8-5-12-32-23/h5,8-10,12,20,22H,2-4,6-7,11,13-17H2,1H3,(H,33,34)(H,35,37)(H,38,39)/t20-,22+/m1/s1. The Morgan fingerprint density at radius 3 is 2.73 bits per heavy atom. The zero-order chi connectivity index (χ0) is 29.1. The number of nitrogens with one attached hydrogen (secondary N) is 2. The van der Waals surface area contributed by atoms with Gasteiger partial charge in [0.2, 0.25) is 0 Å². The summed E-state index contributed by atoms with van der Waals surface area (Å²) in [5, 5.41) is 15.1. The number of ether oxygens (including phenoxy) is 1. The Balaban J connectivity index is 1.58. The van der Waals surface area contributed by atoms with Crippen LogP contribution in [-0.4, -0.2) is 84.0 Å². The van der Waals surface area contributed by atoms with Crippen molar-refractivity contribution in [3.8, 4) is 0 Å². The zero-order valence-corrected chi connectivity index (χ0v) is 22.3. The molecule has 2 atom stereocenters. The van der Waals surface area contributed by atoms with Crippen LogP contribution in [0.3, 0.4) is 0 Å². The van der Waals surface area contributed by atoms with Crippen molar-refractivity contribution in [1.29, 1.82) is 0 Å². The van der Waals surface area contributed by atoms with Crippen LogP contribution in [0.15, 0.2) is 30.5 Å². The first-order chi connectivity index (χ1) is 19.1. The van der Waals surface area contributed by atoms with Gasteiger partial charge in [-0.1, -0.05) is 6.07 Å². The first-order valence-corrected chi connectivity index (χ1v) is 13.2. The van der Waals surface area contributed by atoms with Gasteiger partial charge in [0.1, 0.15) is 24.2 Å². The van der Waals surface area contributed by atoms with E-state index < -0.39 is 48.1 Å². The van der Waals surface area contributed by atoms with E-state index >= 15 is 0 Å².